The van der Waals surface area contributed by atoms with E-state index in [0.29, 0.717) is 12.8 Å². The number of alkyl halides is 2. The smallest absolute Gasteiger partial charge is 0.282 e. The fourth-order valence-electron chi connectivity index (χ4n) is 1.34. The summed E-state index contributed by atoms with van der Waals surface area (Å²) in [6.07, 6.45) is -2.01. The number of aromatic nitrogens is 3. The second kappa shape index (κ2) is 5.64. The second-order valence-corrected chi connectivity index (χ2v) is 3.49. The van der Waals surface area contributed by atoms with Gasteiger partial charge in [-0.2, -0.15) is 0 Å². The minimum Gasteiger partial charge on any atom is -0.393 e. The number of aldehydes is 1. The molecule has 1 unspecified atom stereocenters. The van der Waals surface area contributed by atoms with E-state index in [1.165, 1.54) is 0 Å². The van der Waals surface area contributed by atoms with Crippen molar-refractivity contribution in [3.63, 3.8) is 0 Å². The zero-order valence-corrected chi connectivity index (χ0v) is 8.81. The van der Waals surface area contributed by atoms with Crippen molar-refractivity contribution >= 4 is 6.29 Å². The molecule has 1 rings (SSSR count). The summed E-state index contributed by atoms with van der Waals surface area (Å²) < 4.78 is 26.2. The molecular formula is C9H13F2N3O2. The van der Waals surface area contributed by atoms with Gasteiger partial charge in [0.25, 0.3) is 6.43 Å². The first-order valence-corrected chi connectivity index (χ1v) is 4.91. The number of halogens is 2. The van der Waals surface area contributed by atoms with Gasteiger partial charge in [-0.1, -0.05) is 5.21 Å². The van der Waals surface area contributed by atoms with Crippen LogP contribution in [0.25, 0.3) is 0 Å². The minimum atomic E-state index is -2.78. The lowest BCUT2D eigenvalue weighted by Crippen LogP contribution is -2.09. The van der Waals surface area contributed by atoms with Crippen LogP contribution in [-0.2, 0) is 6.54 Å². The topological polar surface area (TPSA) is 68.0 Å². The number of carbonyl (C=O) groups is 1. The third-order valence-corrected chi connectivity index (χ3v) is 2.11. The highest BCUT2D eigenvalue weighted by atomic mass is 19.3. The molecule has 5 nitrogen and oxygen atoms in total. The Bertz CT molecular complexity index is 353. The number of hydrogen-bond donors (Lipinski definition) is 1. The van der Waals surface area contributed by atoms with Crippen LogP contribution in [0.1, 0.15) is 42.4 Å². The molecule has 16 heavy (non-hydrogen) atoms. The molecule has 0 aliphatic rings. The van der Waals surface area contributed by atoms with Crippen LogP contribution in [0.3, 0.4) is 0 Å². The first kappa shape index (κ1) is 12.7. The molecule has 1 atom stereocenters. The standard InChI is InChI=1S/C9H13F2N3O2/c1-6(16)3-2-4-14-8(9(10)11)7(5-15)12-13-14/h5-6,9,16H,2-4H2,1H3. The van der Waals surface area contributed by atoms with Gasteiger partial charge in [-0.05, 0) is 19.8 Å². The van der Waals surface area contributed by atoms with E-state index in [-0.39, 0.29) is 18.5 Å². The summed E-state index contributed by atoms with van der Waals surface area (Å²) in [5, 5.41) is 15.8. The maximum Gasteiger partial charge on any atom is 0.282 e. The van der Waals surface area contributed by atoms with Crippen LogP contribution in [0.4, 0.5) is 8.78 Å². The van der Waals surface area contributed by atoms with Crippen molar-refractivity contribution in [3.8, 4) is 0 Å². The molecule has 0 aliphatic heterocycles. The lowest BCUT2D eigenvalue weighted by atomic mass is 10.2. The number of aliphatic hydroxyl groups is 1. The molecule has 1 aromatic rings. The third-order valence-electron chi connectivity index (χ3n) is 2.11. The zero-order valence-electron chi connectivity index (χ0n) is 8.81. The van der Waals surface area contributed by atoms with Crippen molar-refractivity contribution in [2.24, 2.45) is 0 Å². The van der Waals surface area contributed by atoms with E-state index in [9.17, 15) is 13.6 Å². The van der Waals surface area contributed by atoms with Gasteiger partial charge in [0.2, 0.25) is 0 Å². The average molecular weight is 233 g/mol. The largest absolute Gasteiger partial charge is 0.393 e. The van der Waals surface area contributed by atoms with Gasteiger partial charge >= 0.3 is 0 Å². The third kappa shape index (κ3) is 3.06. The van der Waals surface area contributed by atoms with Crippen molar-refractivity contribution in [2.45, 2.75) is 38.8 Å². The van der Waals surface area contributed by atoms with Crippen LogP contribution in [0.5, 0.6) is 0 Å². The van der Waals surface area contributed by atoms with E-state index in [4.69, 9.17) is 5.11 Å². The molecule has 0 radical (unpaired) electrons. The van der Waals surface area contributed by atoms with Crippen LogP contribution >= 0.6 is 0 Å². The molecule has 90 valence electrons. The van der Waals surface area contributed by atoms with E-state index in [1.807, 2.05) is 0 Å². The molecule has 0 fully saturated rings. The highest BCUT2D eigenvalue weighted by molar-refractivity contribution is 5.73. The second-order valence-electron chi connectivity index (χ2n) is 3.49. The van der Waals surface area contributed by atoms with Gasteiger partial charge < -0.3 is 5.11 Å². The number of aryl methyl sites for hydroxylation is 1. The van der Waals surface area contributed by atoms with Crippen molar-refractivity contribution < 1.29 is 18.7 Å². The fraction of sp³-hybridized carbons (Fsp3) is 0.667. The van der Waals surface area contributed by atoms with Crippen LogP contribution in [0.2, 0.25) is 0 Å². The van der Waals surface area contributed by atoms with Gasteiger partial charge in [0, 0.05) is 6.54 Å². The van der Waals surface area contributed by atoms with Gasteiger partial charge in [-0.25, -0.2) is 13.5 Å². The van der Waals surface area contributed by atoms with E-state index in [1.54, 1.807) is 6.92 Å². The molecule has 0 aliphatic carbocycles. The molecular weight excluding hydrogens is 220 g/mol. The Balaban J connectivity index is 2.72. The first-order valence-electron chi connectivity index (χ1n) is 4.91. The van der Waals surface area contributed by atoms with Gasteiger partial charge in [0.1, 0.15) is 5.69 Å². The number of hydrogen-bond acceptors (Lipinski definition) is 4. The summed E-state index contributed by atoms with van der Waals surface area (Å²) in [5.41, 5.74) is -0.785. The van der Waals surface area contributed by atoms with Gasteiger partial charge in [0.05, 0.1) is 6.10 Å². The summed E-state index contributed by atoms with van der Waals surface area (Å²) in [4.78, 5) is 10.4. The number of rotatable bonds is 6. The van der Waals surface area contributed by atoms with Crippen LogP contribution in [0.15, 0.2) is 0 Å². The Labute approximate surface area is 91.1 Å². The summed E-state index contributed by atoms with van der Waals surface area (Å²) in [5.74, 6) is 0. The summed E-state index contributed by atoms with van der Waals surface area (Å²) >= 11 is 0. The molecule has 0 spiro atoms. The molecule has 0 bridgehead atoms. The highest BCUT2D eigenvalue weighted by Crippen LogP contribution is 2.20. The van der Waals surface area contributed by atoms with Crippen LogP contribution < -0.4 is 0 Å². The van der Waals surface area contributed by atoms with Crippen molar-refractivity contribution in [1.82, 2.24) is 15.0 Å². The Morgan fingerprint density at radius 3 is 2.75 bits per heavy atom. The first-order chi connectivity index (χ1) is 7.56. The molecule has 0 aromatic carbocycles. The number of carbonyl (C=O) groups excluding carboxylic acids is 1. The summed E-state index contributed by atoms with van der Waals surface area (Å²) in [7, 11) is 0. The normalized spacial score (nSPS) is 13.1. The predicted octanol–water partition coefficient (Wildman–Crippen LogP) is 1.19. The van der Waals surface area contributed by atoms with Crippen molar-refractivity contribution in [1.29, 1.82) is 0 Å². The van der Waals surface area contributed by atoms with Gasteiger partial charge in [0.15, 0.2) is 12.0 Å². The van der Waals surface area contributed by atoms with E-state index < -0.39 is 18.2 Å². The quantitative estimate of drug-likeness (QED) is 0.749. The fourth-order valence-corrected chi connectivity index (χ4v) is 1.34. The molecule has 0 saturated carbocycles. The number of nitrogens with zero attached hydrogens (tertiary/aromatic N) is 3. The van der Waals surface area contributed by atoms with Crippen molar-refractivity contribution in [2.75, 3.05) is 0 Å². The Hall–Kier alpha value is -1.37. The zero-order chi connectivity index (χ0) is 12.1. The lowest BCUT2D eigenvalue weighted by Gasteiger charge is -2.06. The summed E-state index contributed by atoms with van der Waals surface area (Å²) in [6, 6.07) is 0. The molecule has 0 amide bonds. The maximum absolute atomic E-state index is 12.6. The predicted molar refractivity (Wildman–Crippen MR) is 51.3 cm³/mol. The van der Waals surface area contributed by atoms with Crippen LogP contribution in [-0.4, -0.2) is 32.5 Å². The summed E-state index contributed by atoms with van der Waals surface area (Å²) in [6.45, 7) is 1.83. The average Bonchev–Trinajstić information content (AvgIpc) is 2.60. The van der Waals surface area contributed by atoms with Crippen LogP contribution in [0, 0.1) is 0 Å². The highest BCUT2D eigenvalue weighted by Gasteiger charge is 2.21. The lowest BCUT2D eigenvalue weighted by molar-refractivity contribution is 0.109. The monoisotopic (exact) mass is 233 g/mol. The Kier molecular flexibility index (Phi) is 4.48. The molecule has 1 N–H and O–H groups in total. The molecule has 1 heterocycles. The molecule has 7 heteroatoms. The number of aliphatic hydroxyl groups excluding tert-OH is 1. The van der Waals surface area contributed by atoms with Gasteiger partial charge in [-0.15, -0.1) is 5.10 Å². The maximum atomic E-state index is 12.6. The SMILES string of the molecule is CC(O)CCCn1nnc(C=O)c1C(F)F. The van der Waals surface area contributed by atoms with E-state index in [0.717, 1.165) is 4.68 Å². The van der Waals surface area contributed by atoms with E-state index >= 15 is 0 Å². The van der Waals surface area contributed by atoms with Crippen molar-refractivity contribution in [3.05, 3.63) is 11.4 Å². The van der Waals surface area contributed by atoms with E-state index in [2.05, 4.69) is 10.3 Å². The molecule has 1 aromatic heterocycles. The Morgan fingerprint density at radius 2 is 2.25 bits per heavy atom. The van der Waals surface area contributed by atoms with Gasteiger partial charge in [-0.3, -0.25) is 4.79 Å². The minimum absolute atomic E-state index is 0.214. The molecule has 0 saturated heterocycles. The Morgan fingerprint density at radius 1 is 1.56 bits per heavy atom.